The topological polar surface area (TPSA) is 31.2 Å². The average molecular weight is 490 g/mol. The molecule has 0 radical (unpaired) electrons. The van der Waals surface area contributed by atoms with Gasteiger partial charge in [0.2, 0.25) is 0 Å². The molecule has 32 heavy (non-hydrogen) atoms. The van der Waals surface area contributed by atoms with Crippen molar-refractivity contribution in [1.82, 2.24) is 4.57 Å². The zero-order valence-corrected chi connectivity index (χ0v) is 20.6. The minimum Gasteiger partial charge on any atom is -0.461 e. The Morgan fingerprint density at radius 2 is 1.69 bits per heavy atom. The lowest BCUT2D eigenvalue weighted by Crippen LogP contribution is -2.14. The Morgan fingerprint density at radius 3 is 2.34 bits per heavy atom. The molecule has 4 aromatic rings. The molecule has 0 aliphatic rings. The van der Waals surface area contributed by atoms with E-state index in [-0.39, 0.29) is 11.4 Å². The van der Waals surface area contributed by atoms with Crippen LogP contribution in [0.3, 0.4) is 0 Å². The molecule has 1 aromatic heterocycles. The van der Waals surface area contributed by atoms with E-state index in [1.807, 2.05) is 31.2 Å². The largest absolute Gasteiger partial charge is 0.461 e. The first-order valence-corrected chi connectivity index (χ1v) is 11.7. The van der Waals surface area contributed by atoms with Gasteiger partial charge in [-0.2, -0.15) is 0 Å². The van der Waals surface area contributed by atoms with Gasteiger partial charge in [0.05, 0.1) is 6.61 Å². The number of hydrogen-bond donors (Lipinski definition) is 0. The fourth-order valence-electron chi connectivity index (χ4n) is 4.13. The first-order chi connectivity index (χ1) is 15.3. The second-order valence-electron chi connectivity index (χ2n) is 9.00. The Morgan fingerprint density at radius 1 is 0.969 bits per heavy atom. The van der Waals surface area contributed by atoms with Gasteiger partial charge in [-0.15, -0.1) is 0 Å². The number of carbonyl (C=O) groups excluding carboxylic acids is 1. The summed E-state index contributed by atoms with van der Waals surface area (Å²) in [6.45, 7) is 9.37. The van der Waals surface area contributed by atoms with E-state index in [0.29, 0.717) is 18.8 Å². The number of aromatic nitrogens is 1. The van der Waals surface area contributed by atoms with Crippen LogP contribution in [0, 0.1) is 0 Å². The Labute approximate surface area is 198 Å². The first kappa shape index (κ1) is 22.3. The van der Waals surface area contributed by atoms with Gasteiger partial charge < -0.3 is 9.30 Å². The number of benzene rings is 3. The molecule has 0 spiro atoms. The van der Waals surface area contributed by atoms with Crippen LogP contribution in [-0.2, 0) is 16.7 Å². The average Bonchev–Trinajstić information content (AvgIpc) is 3.08. The molecular formula is C28H28BrNO2. The first-order valence-electron chi connectivity index (χ1n) is 10.9. The number of fused-ring (bicyclic) bond motifs is 1. The van der Waals surface area contributed by atoms with E-state index in [4.69, 9.17) is 4.74 Å². The molecule has 0 unspecified atom stereocenters. The summed E-state index contributed by atoms with van der Waals surface area (Å²) in [6, 6.07) is 24.9. The molecule has 0 aliphatic heterocycles. The van der Waals surface area contributed by atoms with Crippen LogP contribution in [0.15, 0.2) is 77.3 Å². The Kier molecular flexibility index (Phi) is 6.25. The van der Waals surface area contributed by atoms with Crippen molar-refractivity contribution in [3.63, 3.8) is 0 Å². The number of halogens is 1. The predicted octanol–water partition coefficient (Wildman–Crippen LogP) is 7.59. The van der Waals surface area contributed by atoms with E-state index < -0.39 is 0 Å². The van der Waals surface area contributed by atoms with Crippen LogP contribution in [0.2, 0.25) is 0 Å². The molecule has 4 rings (SSSR count). The predicted molar refractivity (Wildman–Crippen MR) is 135 cm³/mol. The van der Waals surface area contributed by atoms with E-state index in [9.17, 15) is 4.79 Å². The number of nitrogens with zero attached hydrogens (tertiary/aromatic N) is 1. The Bertz CT molecular complexity index is 1260. The number of para-hydroxylation sites is 1. The molecule has 4 heteroatoms. The number of rotatable bonds is 5. The van der Waals surface area contributed by atoms with Crippen molar-refractivity contribution in [2.75, 3.05) is 6.61 Å². The minimum atomic E-state index is -0.298. The Balaban J connectivity index is 1.95. The lowest BCUT2D eigenvalue weighted by molar-refractivity contribution is 0.0516. The van der Waals surface area contributed by atoms with Gasteiger partial charge in [0.1, 0.15) is 5.69 Å². The van der Waals surface area contributed by atoms with Crippen molar-refractivity contribution in [2.45, 2.75) is 39.7 Å². The zero-order chi connectivity index (χ0) is 22.9. The third kappa shape index (κ3) is 4.37. The van der Waals surface area contributed by atoms with Gasteiger partial charge in [0.15, 0.2) is 0 Å². The van der Waals surface area contributed by atoms with Crippen molar-refractivity contribution < 1.29 is 9.53 Å². The third-order valence-corrected chi connectivity index (χ3v) is 6.20. The van der Waals surface area contributed by atoms with E-state index in [1.54, 1.807) is 0 Å². The van der Waals surface area contributed by atoms with E-state index in [0.717, 1.165) is 32.1 Å². The summed E-state index contributed by atoms with van der Waals surface area (Å²) in [7, 11) is 0. The summed E-state index contributed by atoms with van der Waals surface area (Å²) < 4.78 is 8.63. The van der Waals surface area contributed by atoms with Crippen molar-refractivity contribution in [1.29, 1.82) is 0 Å². The van der Waals surface area contributed by atoms with E-state index in [2.05, 4.69) is 89.8 Å². The maximum Gasteiger partial charge on any atom is 0.355 e. The molecule has 3 aromatic carbocycles. The summed E-state index contributed by atoms with van der Waals surface area (Å²) in [5, 5.41) is 1.05. The van der Waals surface area contributed by atoms with E-state index >= 15 is 0 Å². The van der Waals surface area contributed by atoms with Gasteiger partial charge in [-0.1, -0.05) is 91.3 Å². The van der Waals surface area contributed by atoms with Crippen LogP contribution < -0.4 is 0 Å². The molecule has 0 N–H and O–H groups in total. The van der Waals surface area contributed by atoms with Gasteiger partial charge in [-0.05, 0) is 47.2 Å². The minimum absolute atomic E-state index is 0.0667. The van der Waals surface area contributed by atoms with Crippen LogP contribution in [0.4, 0.5) is 0 Å². The normalized spacial score (nSPS) is 11.7. The molecule has 0 fully saturated rings. The van der Waals surface area contributed by atoms with Crippen LogP contribution in [0.25, 0.3) is 22.0 Å². The second kappa shape index (κ2) is 8.95. The molecule has 0 saturated carbocycles. The molecule has 3 nitrogen and oxygen atoms in total. The lowest BCUT2D eigenvalue weighted by Gasteiger charge is -2.19. The molecular weight excluding hydrogens is 462 g/mol. The highest BCUT2D eigenvalue weighted by atomic mass is 79.9. The highest BCUT2D eigenvalue weighted by Gasteiger charge is 2.25. The van der Waals surface area contributed by atoms with Crippen molar-refractivity contribution in [3.05, 3.63) is 94.1 Å². The standard InChI is InChI=1S/C28H28BrNO2/c1-5-32-27(31)26-25(20-13-15-21(16-14-20)28(2,3)4)23-11-6-7-12-24(23)30(26)18-19-9-8-10-22(29)17-19/h6-17H,5,18H2,1-4H3. The quantitative estimate of drug-likeness (QED) is 0.270. The summed E-state index contributed by atoms with van der Waals surface area (Å²) in [5.41, 5.74) is 6.00. The zero-order valence-electron chi connectivity index (χ0n) is 19.0. The second-order valence-corrected chi connectivity index (χ2v) is 9.92. The maximum atomic E-state index is 13.3. The number of carbonyl (C=O) groups is 1. The monoisotopic (exact) mass is 489 g/mol. The van der Waals surface area contributed by atoms with Gasteiger partial charge in [-0.3, -0.25) is 0 Å². The highest BCUT2D eigenvalue weighted by molar-refractivity contribution is 9.10. The van der Waals surface area contributed by atoms with E-state index in [1.165, 1.54) is 5.56 Å². The molecule has 0 atom stereocenters. The molecule has 0 saturated heterocycles. The van der Waals surface area contributed by atoms with Gasteiger partial charge >= 0.3 is 5.97 Å². The number of hydrogen-bond acceptors (Lipinski definition) is 2. The summed E-state index contributed by atoms with van der Waals surface area (Å²) in [6.07, 6.45) is 0. The van der Waals surface area contributed by atoms with Gasteiger partial charge in [0, 0.05) is 27.5 Å². The maximum absolute atomic E-state index is 13.3. The van der Waals surface area contributed by atoms with Crippen molar-refractivity contribution in [2.24, 2.45) is 0 Å². The highest BCUT2D eigenvalue weighted by Crippen LogP contribution is 2.37. The molecule has 164 valence electrons. The molecule has 0 amide bonds. The lowest BCUT2D eigenvalue weighted by atomic mass is 9.86. The molecule has 0 bridgehead atoms. The van der Waals surface area contributed by atoms with Gasteiger partial charge in [0.25, 0.3) is 0 Å². The van der Waals surface area contributed by atoms with Crippen molar-refractivity contribution >= 4 is 32.8 Å². The smallest absolute Gasteiger partial charge is 0.355 e. The SMILES string of the molecule is CCOC(=O)c1c(-c2ccc(C(C)(C)C)cc2)c2ccccc2n1Cc1cccc(Br)c1. The van der Waals surface area contributed by atoms with Gasteiger partial charge in [-0.25, -0.2) is 4.79 Å². The molecule has 1 heterocycles. The third-order valence-electron chi connectivity index (χ3n) is 5.71. The van der Waals surface area contributed by atoms with Crippen LogP contribution in [0.1, 0.15) is 49.3 Å². The van der Waals surface area contributed by atoms with Crippen LogP contribution in [0.5, 0.6) is 0 Å². The van der Waals surface area contributed by atoms with Crippen LogP contribution >= 0.6 is 15.9 Å². The Hall–Kier alpha value is -2.85. The number of esters is 1. The molecule has 0 aliphatic carbocycles. The van der Waals surface area contributed by atoms with Crippen molar-refractivity contribution in [3.8, 4) is 11.1 Å². The van der Waals surface area contributed by atoms with Crippen LogP contribution in [-0.4, -0.2) is 17.1 Å². The summed E-state index contributed by atoms with van der Waals surface area (Å²) >= 11 is 3.56. The summed E-state index contributed by atoms with van der Waals surface area (Å²) in [4.78, 5) is 13.3. The summed E-state index contributed by atoms with van der Waals surface area (Å²) in [5.74, 6) is -0.298. The fourth-order valence-corrected chi connectivity index (χ4v) is 4.57. The number of ether oxygens (including phenoxy) is 1. The fraction of sp³-hybridized carbons (Fsp3) is 0.250.